The molecule has 1 atom stereocenters. The van der Waals surface area contributed by atoms with Crippen LogP contribution in [0.3, 0.4) is 0 Å². The highest BCUT2D eigenvalue weighted by atomic mass is 16.6. The lowest BCUT2D eigenvalue weighted by Crippen LogP contribution is -2.26. The van der Waals surface area contributed by atoms with E-state index in [1.165, 1.54) is 12.1 Å². The first kappa shape index (κ1) is 14.2. The van der Waals surface area contributed by atoms with E-state index in [1.54, 1.807) is 0 Å². The van der Waals surface area contributed by atoms with E-state index in [2.05, 4.69) is 29.6 Å². The normalized spacial score (nSPS) is 12.3. The van der Waals surface area contributed by atoms with E-state index in [9.17, 15) is 10.1 Å². The van der Waals surface area contributed by atoms with Gasteiger partial charge in [0.2, 0.25) is 5.82 Å². The molecule has 0 fully saturated rings. The molecule has 7 heteroatoms. The Morgan fingerprint density at radius 2 is 2.17 bits per heavy atom. The quantitative estimate of drug-likeness (QED) is 0.407. The summed E-state index contributed by atoms with van der Waals surface area (Å²) in [5.74, 6) is 6.25. The molecule has 1 rings (SSSR count). The van der Waals surface area contributed by atoms with Crippen LogP contribution in [0.15, 0.2) is 12.1 Å². The maximum atomic E-state index is 10.9. The fourth-order valence-electron chi connectivity index (χ4n) is 1.70. The number of nitrogens with one attached hydrogen (secondary N) is 2. The predicted molar refractivity (Wildman–Crippen MR) is 71.2 cm³/mol. The molecule has 1 aromatic heterocycles. The van der Waals surface area contributed by atoms with Crippen molar-refractivity contribution in [3.05, 3.63) is 22.2 Å². The van der Waals surface area contributed by atoms with Gasteiger partial charge in [-0.3, -0.25) is 10.1 Å². The molecular weight excluding hydrogens is 234 g/mol. The van der Waals surface area contributed by atoms with Crippen LogP contribution in [0.25, 0.3) is 0 Å². The lowest BCUT2D eigenvalue weighted by Gasteiger charge is -2.21. The number of nitrogens with zero attached hydrogens (tertiary/aromatic N) is 2. The number of nitro groups is 1. The molecule has 0 aliphatic rings. The molecule has 0 aromatic carbocycles. The van der Waals surface area contributed by atoms with E-state index in [1.807, 2.05) is 6.92 Å². The Balaban J connectivity index is 3.07. The van der Waals surface area contributed by atoms with Crippen molar-refractivity contribution in [2.24, 2.45) is 11.8 Å². The van der Waals surface area contributed by atoms with Gasteiger partial charge in [-0.15, -0.1) is 0 Å². The second-order valence-electron chi connectivity index (χ2n) is 4.37. The number of hydrogen-bond donors (Lipinski definition) is 3. The number of hydrogen-bond acceptors (Lipinski definition) is 6. The molecule has 7 nitrogen and oxygen atoms in total. The fraction of sp³-hybridized carbons (Fsp3) is 0.545. The van der Waals surface area contributed by atoms with Crippen LogP contribution in [-0.4, -0.2) is 15.9 Å². The Labute approximate surface area is 106 Å². The van der Waals surface area contributed by atoms with E-state index in [0.29, 0.717) is 11.7 Å². The number of rotatable bonds is 6. The van der Waals surface area contributed by atoms with Gasteiger partial charge in [0.05, 0.1) is 4.92 Å². The summed E-state index contributed by atoms with van der Waals surface area (Å²) in [6.45, 7) is 6.13. The molecule has 4 N–H and O–H groups in total. The van der Waals surface area contributed by atoms with Crippen LogP contribution in [0.1, 0.15) is 27.2 Å². The fourth-order valence-corrected chi connectivity index (χ4v) is 1.70. The van der Waals surface area contributed by atoms with E-state index >= 15 is 0 Å². The number of pyridine rings is 1. The van der Waals surface area contributed by atoms with Crippen LogP contribution in [-0.2, 0) is 0 Å². The summed E-state index contributed by atoms with van der Waals surface area (Å²) < 4.78 is 0. The van der Waals surface area contributed by atoms with E-state index in [-0.39, 0.29) is 17.5 Å². The van der Waals surface area contributed by atoms with Gasteiger partial charge in [0.15, 0.2) is 0 Å². The van der Waals surface area contributed by atoms with Crippen LogP contribution in [0, 0.1) is 16.0 Å². The number of aromatic nitrogens is 1. The Morgan fingerprint density at radius 1 is 1.50 bits per heavy atom. The molecule has 1 heterocycles. The average Bonchev–Trinajstić information content (AvgIpc) is 2.34. The van der Waals surface area contributed by atoms with Crippen molar-refractivity contribution in [2.75, 3.05) is 10.7 Å². The Bertz CT molecular complexity index is 422. The van der Waals surface area contributed by atoms with Gasteiger partial charge in [0.25, 0.3) is 0 Å². The highest BCUT2D eigenvalue weighted by molar-refractivity contribution is 5.60. The second kappa shape index (κ2) is 6.15. The number of anilines is 2. The summed E-state index contributed by atoms with van der Waals surface area (Å²) in [6, 6.07) is 2.99. The van der Waals surface area contributed by atoms with Crippen molar-refractivity contribution >= 4 is 17.3 Å². The molecule has 0 aliphatic heterocycles. The molecule has 0 spiro atoms. The Morgan fingerprint density at radius 3 is 2.61 bits per heavy atom. The van der Waals surface area contributed by atoms with Crippen molar-refractivity contribution in [1.29, 1.82) is 0 Å². The molecule has 1 unspecified atom stereocenters. The smallest absolute Gasteiger partial charge is 0.311 e. The van der Waals surface area contributed by atoms with Crippen LogP contribution < -0.4 is 16.6 Å². The lowest BCUT2D eigenvalue weighted by atomic mass is 10.0. The third kappa shape index (κ3) is 3.30. The van der Waals surface area contributed by atoms with Gasteiger partial charge < -0.3 is 10.7 Å². The summed E-state index contributed by atoms with van der Waals surface area (Å²) in [4.78, 5) is 14.6. The van der Waals surface area contributed by atoms with E-state index < -0.39 is 4.92 Å². The molecule has 0 saturated heterocycles. The summed E-state index contributed by atoms with van der Waals surface area (Å²) >= 11 is 0. The van der Waals surface area contributed by atoms with Crippen LogP contribution in [0.4, 0.5) is 17.3 Å². The minimum atomic E-state index is -0.456. The lowest BCUT2D eigenvalue weighted by molar-refractivity contribution is -0.384. The minimum absolute atomic E-state index is 0.0481. The standard InChI is InChI=1S/C11H19N5O2/c1-4-8(7(2)3)13-11-9(16(17)18)5-6-10(14-11)15-12/h5-8H,4,12H2,1-3H3,(H2,13,14,15). The van der Waals surface area contributed by atoms with Crippen molar-refractivity contribution in [3.63, 3.8) is 0 Å². The van der Waals surface area contributed by atoms with Gasteiger partial charge in [0.1, 0.15) is 5.82 Å². The summed E-state index contributed by atoms with van der Waals surface area (Å²) in [5.41, 5.74) is 2.33. The third-order valence-corrected chi connectivity index (χ3v) is 2.79. The minimum Gasteiger partial charge on any atom is -0.361 e. The van der Waals surface area contributed by atoms with Crippen molar-refractivity contribution in [1.82, 2.24) is 4.98 Å². The zero-order chi connectivity index (χ0) is 13.7. The Kier molecular flexibility index (Phi) is 4.85. The number of hydrazine groups is 1. The predicted octanol–water partition coefficient (Wildman–Crippen LogP) is 2.12. The van der Waals surface area contributed by atoms with Gasteiger partial charge in [-0.1, -0.05) is 20.8 Å². The highest BCUT2D eigenvalue weighted by Crippen LogP contribution is 2.26. The third-order valence-electron chi connectivity index (χ3n) is 2.79. The molecule has 1 aromatic rings. The summed E-state index contributed by atoms with van der Waals surface area (Å²) in [7, 11) is 0. The summed E-state index contributed by atoms with van der Waals surface area (Å²) in [6.07, 6.45) is 0.858. The van der Waals surface area contributed by atoms with Crippen LogP contribution >= 0.6 is 0 Å². The topological polar surface area (TPSA) is 106 Å². The average molecular weight is 253 g/mol. The number of nitrogen functional groups attached to an aromatic ring is 1. The van der Waals surface area contributed by atoms with E-state index in [4.69, 9.17) is 5.84 Å². The zero-order valence-electron chi connectivity index (χ0n) is 10.8. The van der Waals surface area contributed by atoms with Crippen LogP contribution in [0.5, 0.6) is 0 Å². The van der Waals surface area contributed by atoms with Crippen molar-refractivity contribution in [3.8, 4) is 0 Å². The highest BCUT2D eigenvalue weighted by Gasteiger charge is 2.20. The maximum Gasteiger partial charge on any atom is 0.311 e. The largest absolute Gasteiger partial charge is 0.361 e. The monoisotopic (exact) mass is 253 g/mol. The first-order chi connectivity index (χ1) is 8.49. The molecule has 0 bridgehead atoms. The van der Waals surface area contributed by atoms with Gasteiger partial charge in [0, 0.05) is 12.1 Å². The van der Waals surface area contributed by atoms with Crippen molar-refractivity contribution < 1.29 is 4.92 Å². The second-order valence-corrected chi connectivity index (χ2v) is 4.37. The molecule has 0 aliphatic carbocycles. The van der Waals surface area contributed by atoms with E-state index in [0.717, 1.165) is 6.42 Å². The molecular formula is C11H19N5O2. The molecule has 0 saturated carbocycles. The summed E-state index contributed by atoms with van der Waals surface area (Å²) in [5, 5.41) is 14.0. The first-order valence-corrected chi connectivity index (χ1v) is 5.88. The Hall–Kier alpha value is -1.89. The van der Waals surface area contributed by atoms with Gasteiger partial charge in [-0.2, -0.15) is 0 Å². The SMILES string of the molecule is CCC(Nc1nc(NN)ccc1[N+](=O)[O-])C(C)C. The maximum absolute atomic E-state index is 10.9. The molecule has 100 valence electrons. The first-order valence-electron chi connectivity index (χ1n) is 5.88. The van der Waals surface area contributed by atoms with Gasteiger partial charge >= 0.3 is 5.69 Å². The molecule has 0 radical (unpaired) electrons. The number of nitrogens with two attached hydrogens (primary N) is 1. The van der Waals surface area contributed by atoms with Gasteiger partial charge in [-0.05, 0) is 18.4 Å². The molecule has 0 amide bonds. The molecule has 18 heavy (non-hydrogen) atoms. The van der Waals surface area contributed by atoms with Crippen LogP contribution in [0.2, 0.25) is 0 Å². The van der Waals surface area contributed by atoms with Crippen molar-refractivity contribution in [2.45, 2.75) is 33.2 Å². The van der Waals surface area contributed by atoms with Gasteiger partial charge in [-0.25, -0.2) is 10.8 Å². The zero-order valence-corrected chi connectivity index (χ0v) is 10.8.